The van der Waals surface area contributed by atoms with Crippen LogP contribution in [0.15, 0.2) is 18.3 Å². The maximum Gasteiger partial charge on any atom is 0.276 e. The molecule has 33 heavy (non-hydrogen) atoms. The highest BCUT2D eigenvalue weighted by atomic mass is 19.1. The van der Waals surface area contributed by atoms with Crippen LogP contribution < -0.4 is 15.0 Å². The highest BCUT2D eigenvalue weighted by Gasteiger charge is 2.47. The van der Waals surface area contributed by atoms with Gasteiger partial charge in [-0.3, -0.25) is 9.78 Å². The summed E-state index contributed by atoms with van der Waals surface area (Å²) < 4.78 is 40.3. The van der Waals surface area contributed by atoms with Gasteiger partial charge in [-0.1, -0.05) is 6.92 Å². The van der Waals surface area contributed by atoms with Crippen LogP contribution in [-0.2, 0) is 11.2 Å². The van der Waals surface area contributed by atoms with Gasteiger partial charge < -0.3 is 19.7 Å². The molecular weight excluding hydrogens is 430 g/mol. The van der Waals surface area contributed by atoms with Crippen molar-refractivity contribution in [3.63, 3.8) is 0 Å². The van der Waals surface area contributed by atoms with E-state index in [1.165, 1.54) is 6.42 Å². The highest BCUT2D eigenvalue weighted by Crippen LogP contribution is 2.52. The van der Waals surface area contributed by atoms with Gasteiger partial charge in [0.2, 0.25) is 0 Å². The lowest BCUT2D eigenvalue weighted by atomic mass is 9.97. The molecule has 2 aliphatic carbocycles. The molecule has 3 aliphatic rings. The quantitative estimate of drug-likeness (QED) is 0.667. The number of aromatic nitrogens is 2. The van der Waals surface area contributed by atoms with Crippen molar-refractivity contribution in [1.29, 1.82) is 0 Å². The van der Waals surface area contributed by atoms with E-state index < -0.39 is 17.5 Å². The monoisotopic (exact) mass is 460 g/mol. The molecule has 1 aromatic carbocycles. The van der Waals surface area contributed by atoms with Crippen LogP contribution in [0.4, 0.5) is 20.3 Å². The molecule has 0 radical (unpaired) electrons. The number of carbonyl (C=O) groups is 1. The van der Waals surface area contributed by atoms with Crippen molar-refractivity contribution in [2.75, 3.05) is 30.4 Å². The number of halogens is 2. The second-order valence-corrected chi connectivity index (χ2v) is 9.58. The summed E-state index contributed by atoms with van der Waals surface area (Å²) in [5, 5.41) is 2.56. The fourth-order valence-electron chi connectivity index (χ4n) is 4.91. The number of methoxy groups -OCH3 is 1. The van der Waals surface area contributed by atoms with E-state index in [0.29, 0.717) is 42.9 Å². The Labute approximate surface area is 193 Å². The lowest BCUT2D eigenvalue weighted by molar-refractivity contribution is -0.0171. The van der Waals surface area contributed by atoms with Crippen LogP contribution in [0.2, 0.25) is 0 Å². The molecule has 1 N–H and O–H groups in total. The number of hydrogen-bond acceptors (Lipinski definition) is 6. The summed E-state index contributed by atoms with van der Waals surface area (Å²) in [4.78, 5) is 23.8. The SMILES string of the molecule is CCc1ncc(N2CC(C)(OC)C2)nc1C(=O)Nc1cc(F)c(OC2CC3CC3C2)c(F)c1.[HH]. The van der Waals surface area contributed by atoms with E-state index in [0.717, 1.165) is 25.0 Å². The van der Waals surface area contributed by atoms with E-state index >= 15 is 0 Å². The van der Waals surface area contributed by atoms with Crippen molar-refractivity contribution in [1.82, 2.24) is 9.97 Å². The summed E-state index contributed by atoms with van der Waals surface area (Å²) in [5.74, 6) is -0.772. The predicted molar refractivity (Wildman–Crippen MR) is 121 cm³/mol. The molecule has 0 bridgehead atoms. The standard InChI is InChI=1S/C24H28F2N4O3.H2/c1-4-19-21(29-20(10-27-19)30-11-24(2,12-30)32-3)23(31)28-15-8-17(25)22(18(26)9-15)33-16-6-13-5-14(13)7-16;/h8-10,13-14,16H,4-7,11-12H2,1-3H3,(H,28,31);1H. The summed E-state index contributed by atoms with van der Waals surface area (Å²) in [7, 11) is 1.66. The number of fused-ring (bicyclic) bond motifs is 1. The topological polar surface area (TPSA) is 76.6 Å². The van der Waals surface area contributed by atoms with Gasteiger partial charge in [0.25, 0.3) is 5.91 Å². The van der Waals surface area contributed by atoms with Gasteiger partial charge >= 0.3 is 0 Å². The zero-order chi connectivity index (χ0) is 23.3. The zero-order valence-electron chi connectivity index (χ0n) is 19.0. The average Bonchev–Trinajstić information content (AvgIpc) is 3.39. The molecule has 5 rings (SSSR count). The van der Waals surface area contributed by atoms with E-state index in [2.05, 4.69) is 15.3 Å². The first-order valence-electron chi connectivity index (χ1n) is 11.4. The number of amides is 1. The molecule has 1 aliphatic heterocycles. The lowest BCUT2D eigenvalue weighted by Gasteiger charge is -2.47. The minimum Gasteiger partial charge on any atom is -0.484 e. The Hall–Kier alpha value is -2.81. The third kappa shape index (κ3) is 4.26. The van der Waals surface area contributed by atoms with Gasteiger partial charge in [0.05, 0.1) is 36.7 Å². The van der Waals surface area contributed by atoms with E-state index in [1.54, 1.807) is 13.3 Å². The van der Waals surface area contributed by atoms with Crippen LogP contribution in [0.3, 0.4) is 0 Å². The zero-order valence-corrected chi connectivity index (χ0v) is 19.0. The molecular formula is C24H30F2N4O3. The number of anilines is 2. The van der Waals surface area contributed by atoms with E-state index in [4.69, 9.17) is 9.47 Å². The fourth-order valence-corrected chi connectivity index (χ4v) is 4.91. The number of rotatable bonds is 7. The molecule has 3 fully saturated rings. The number of nitrogens with one attached hydrogen (secondary N) is 1. The van der Waals surface area contributed by atoms with E-state index in [-0.39, 0.29) is 30.3 Å². The van der Waals surface area contributed by atoms with Crippen molar-refractivity contribution >= 4 is 17.4 Å². The van der Waals surface area contributed by atoms with Gasteiger partial charge in [-0.25, -0.2) is 13.8 Å². The van der Waals surface area contributed by atoms with Crippen LogP contribution in [0.25, 0.3) is 0 Å². The Kier molecular flexibility index (Phi) is 5.47. The molecule has 0 spiro atoms. The van der Waals surface area contributed by atoms with Gasteiger partial charge in [-0.2, -0.15) is 0 Å². The molecule has 1 saturated heterocycles. The number of carbonyl (C=O) groups excluding carboxylic acids is 1. The molecule has 2 heterocycles. The Morgan fingerprint density at radius 2 is 1.91 bits per heavy atom. The van der Waals surface area contributed by atoms with Crippen LogP contribution in [0.1, 0.15) is 50.7 Å². The Morgan fingerprint density at radius 1 is 1.24 bits per heavy atom. The summed E-state index contributed by atoms with van der Waals surface area (Å²) in [6.45, 7) is 5.12. The van der Waals surface area contributed by atoms with Crippen molar-refractivity contribution in [2.45, 2.75) is 51.2 Å². The number of hydrogen-bond donors (Lipinski definition) is 1. The second-order valence-electron chi connectivity index (χ2n) is 9.58. The highest BCUT2D eigenvalue weighted by molar-refractivity contribution is 6.03. The molecule has 7 nitrogen and oxygen atoms in total. The number of benzene rings is 1. The summed E-state index contributed by atoms with van der Waals surface area (Å²) >= 11 is 0. The smallest absolute Gasteiger partial charge is 0.276 e. The number of nitrogens with zero attached hydrogens (tertiary/aromatic N) is 3. The lowest BCUT2D eigenvalue weighted by Crippen LogP contribution is -2.61. The molecule has 2 atom stereocenters. The molecule has 1 aromatic heterocycles. The molecule has 2 saturated carbocycles. The normalized spacial score (nSPS) is 24.8. The van der Waals surface area contributed by atoms with Crippen LogP contribution in [0, 0.1) is 23.5 Å². The van der Waals surface area contributed by atoms with Crippen molar-refractivity contribution in [3.8, 4) is 5.75 Å². The average molecular weight is 461 g/mol. The van der Waals surface area contributed by atoms with Gasteiger partial charge in [0.15, 0.2) is 23.1 Å². The van der Waals surface area contributed by atoms with Gasteiger partial charge in [-0.05, 0) is 44.4 Å². The van der Waals surface area contributed by atoms with Crippen molar-refractivity contribution in [2.24, 2.45) is 11.8 Å². The Bertz CT molecular complexity index is 1060. The number of ether oxygens (including phenoxy) is 2. The van der Waals surface area contributed by atoms with Gasteiger partial charge in [-0.15, -0.1) is 0 Å². The first-order chi connectivity index (χ1) is 15.8. The van der Waals surface area contributed by atoms with Crippen molar-refractivity contribution < 1.29 is 24.5 Å². The molecule has 9 heteroatoms. The van der Waals surface area contributed by atoms with Crippen LogP contribution >= 0.6 is 0 Å². The number of aryl methyl sites for hydroxylation is 1. The van der Waals surface area contributed by atoms with Gasteiger partial charge in [0.1, 0.15) is 5.82 Å². The largest absolute Gasteiger partial charge is 0.484 e. The predicted octanol–water partition coefficient (Wildman–Crippen LogP) is 4.22. The summed E-state index contributed by atoms with van der Waals surface area (Å²) in [6.07, 6.45) is 4.86. The van der Waals surface area contributed by atoms with Gasteiger partial charge in [0, 0.05) is 26.4 Å². The Morgan fingerprint density at radius 3 is 2.52 bits per heavy atom. The molecule has 178 valence electrons. The maximum atomic E-state index is 14.6. The first kappa shape index (κ1) is 22.0. The first-order valence-corrected chi connectivity index (χ1v) is 11.4. The van der Waals surface area contributed by atoms with Crippen LogP contribution in [-0.4, -0.2) is 47.8 Å². The van der Waals surface area contributed by atoms with E-state index in [9.17, 15) is 13.6 Å². The second kappa shape index (κ2) is 8.20. The molecule has 1 amide bonds. The Balaban J connectivity index is 0.00000274. The fraction of sp³-hybridized carbons (Fsp3) is 0.542. The molecule has 2 aromatic rings. The molecule has 2 unspecified atom stereocenters. The van der Waals surface area contributed by atoms with Crippen molar-refractivity contribution in [3.05, 3.63) is 41.4 Å². The third-order valence-corrected chi connectivity index (χ3v) is 6.99. The van der Waals surface area contributed by atoms with Crippen LogP contribution in [0.5, 0.6) is 5.75 Å². The third-order valence-electron chi connectivity index (χ3n) is 6.99. The van der Waals surface area contributed by atoms with E-state index in [1.807, 2.05) is 18.7 Å². The minimum atomic E-state index is -0.833. The summed E-state index contributed by atoms with van der Waals surface area (Å²) in [6, 6.07) is 2.16. The maximum absolute atomic E-state index is 14.6. The summed E-state index contributed by atoms with van der Waals surface area (Å²) in [5.41, 5.74) is 0.381. The minimum absolute atomic E-state index is 0.